The molecule has 0 aliphatic rings. The van der Waals surface area contributed by atoms with Crippen LogP contribution < -0.4 is 0 Å². The Kier molecular flexibility index (Phi) is 7.53. The second-order valence-corrected chi connectivity index (χ2v) is 7.55. The van der Waals surface area contributed by atoms with Crippen LogP contribution in [0, 0.1) is 0 Å². The van der Waals surface area contributed by atoms with Gasteiger partial charge in [0.1, 0.15) is 11.3 Å². The number of H-pyrrole nitrogens is 1. The van der Waals surface area contributed by atoms with Crippen molar-refractivity contribution < 1.29 is 24.3 Å². The van der Waals surface area contributed by atoms with E-state index in [1.807, 2.05) is 13.0 Å². The Morgan fingerprint density at radius 3 is 2.45 bits per heavy atom. The van der Waals surface area contributed by atoms with Crippen molar-refractivity contribution in [1.29, 1.82) is 0 Å². The number of esters is 2. The van der Waals surface area contributed by atoms with E-state index in [2.05, 4.69) is 9.97 Å². The molecule has 0 amide bonds. The smallest absolute Gasteiger partial charge is 0.355 e. The van der Waals surface area contributed by atoms with Crippen LogP contribution in [0.2, 0.25) is 0 Å². The molecule has 29 heavy (non-hydrogen) atoms. The molecule has 0 aromatic carbocycles. The van der Waals surface area contributed by atoms with E-state index in [0.29, 0.717) is 23.4 Å². The Morgan fingerprint density at radius 2 is 1.90 bits per heavy atom. The highest BCUT2D eigenvalue weighted by Crippen LogP contribution is 2.25. The summed E-state index contributed by atoms with van der Waals surface area (Å²) in [5, 5.41) is 11.4. The molecule has 2 N–H and O–H groups in total. The van der Waals surface area contributed by atoms with E-state index in [1.165, 1.54) is 0 Å². The summed E-state index contributed by atoms with van der Waals surface area (Å²) in [6.45, 7) is 9.22. The van der Waals surface area contributed by atoms with Crippen LogP contribution in [-0.4, -0.2) is 44.4 Å². The van der Waals surface area contributed by atoms with Crippen molar-refractivity contribution >= 4 is 11.9 Å². The first-order chi connectivity index (χ1) is 13.7. The summed E-state index contributed by atoms with van der Waals surface area (Å²) in [7, 11) is 0. The average molecular weight is 403 g/mol. The molecule has 0 spiro atoms. The maximum atomic E-state index is 12.7. The Bertz CT molecular complexity index is 840. The van der Waals surface area contributed by atoms with Crippen LogP contribution in [0.5, 0.6) is 0 Å². The molecule has 0 saturated heterocycles. The van der Waals surface area contributed by atoms with E-state index in [-0.39, 0.29) is 31.0 Å². The van der Waals surface area contributed by atoms with E-state index in [1.54, 1.807) is 46.0 Å². The van der Waals surface area contributed by atoms with Crippen molar-refractivity contribution in [3.63, 3.8) is 0 Å². The van der Waals surface area contributed by atoms with Crippen LogP contribution in [0.15, 0.2) is 24.4 Å². The fourth-order valence-corrected chi connectivity index (χ4v) is 2.94. The minimum atomic E-state index is -0.681. The number of pyridine rings is 1. The van der Waals surface area contributed by atoms with E-state index < -0.39 is 17.5 Å². The van der Waals surface area contributed by atoms with Gasteiger partial charge in [0.05, 0.1) is 31.0 Å². The van der Waals surface area contributed by atoms with E-state index in [4.69, 9.17) is 9.47 Å². The molecule has 2 rings (SSSR count). The highest BCUT2D eigenvalue weighted by Gasteiger charge is 2.29. The molecule has 0 fully saturated rings. The average Bonchev–Trinajstić information content (AvgIpc) is 2.99. The monoisotopic (exact) mass is 403 g/mol. The number of nitrogens with one attached hydrogen (secondary N) is 1. The number of hydrogen-bond donors (Lipinski definition) is 2. The SMILES string of the molecule is CCOC(=O)c1c(CN(O)Cc2ccccn2)[nH]c(C(=O)OC(C)(C)C)c1CC. The topological polar surface area (TPSA) is 105 Å². The number of hydrogen-bond acceptors (Lipinski definition) is 7. The summed E-state index contributed by atoms with van der Waals surface area (Å²) in [6.07, 6.45) is 2.06. The second-order valence-electron chi connectivity index (χ2n) is 7.55. The maximum absolute atomic E-state index is 12.7. The normalized spacial score (nSPS) is 11.6. The van der Waals surface area contributed by atoms with Crippen molar-refractivity contribution in [2.45, 2.75) is 59.7 Å². The number of rotatable bonds is 8. The second kappa shape index (κ2) is 9.67. The summed E-state index contributed by atoms with van der Waals surface area (Å²) >= 11 is 0. The number of ether oxygens (including phenoxy) is 2. The number of carbonyl (C=O) groups is 2. The summed E-state index contributed by atoms with van der Waals surface area (Å²) in [6, 6.07) is 5.40. The number of nitrogens with zero attached hydrogens (tertiary/aromatic N) is 2. The van der Waals surface area contributed by atoms with Crippen LogP contribution in [-0.2, 0) is 29.0 Å². The van der Waals surface area contributed by atoms with Crippen molar-refractivity contribution in [1.82, 2.24) is 15.0 Å². The molecule has 0 bridgehead atoms. The lowest BCUT2D eigenvalue weighted by Crippen LogP contribution is -2.25. The molecule has 2 aromatic rings. The van der Waals surface area contributed by atoms with Crippen molar-refractivity contribution in [2.24, 2.45) is 0 Å². The molecular weight excluding hydrogens is 374 g/mol. The number of aromatic nitrogens is 2. The molecule has 0 atom stereocenters. The van der Waals surface area contributed by atoms with Crippen LogP contribution in [0.4, 0.5) is 0 Å². The Balaban J connectivity index is 2.38. The van der Waals surface area contributed by atoms with Gasteiger partial charge >= 0.3 is 11.9 Å². The van der Waals surface area contributed by atoms with Crippen LogP contribution in [0.3, 0.4) is 0 Å². The van der Waals surface area contributed by atoms with Crippen molar-refractivity contribution in [3.8, 4) is 0 Å². The Labute approximate surface area is 170 Å². The zero-order valence-electron chi connectivity index (χ0n) is 17.6. The van der Waals surface area contributed by atoms with Gasteiger partial charge in [0.2, 0.25) is 0 Å². The van der Waals surface area contributed by atoms with Gasteiger partial charge in [0.15, 0.2) is 0 Å². The molecule has 8 nitrogen and oxygen atoms in total. The summed E-state index contributed by atoms with van der Waals surface area (Å²) in [5.41, 5.74) is 1.35. The fraction of sp³-hybridized carbons (Fsp3) is 0.476. The molecule has 0 unspecified atom stereocenters. The first-order valence-corrected chi connectivity index (χ1v) is 9.64. The van der Waals surface area contributed by atoms with Gasteiger partial charge in [-0.2, -0.15) is 5.06 Å². The number of hydroxylamine groups is 2. The molecule has 0 saturated carbocycles. The first-order valence-electron chi connectivity index (χ1n) is 9.64. The van der Waals surface area contributed by atoms with E-state index in [9.17, 15) is 14.8 Å². The van der Waals surface area contributed by atoms with Gasteiger partial charge in [-0.05, 0) is 51.8 Å². The molecule has 0 aliphatic carbocycles. The lowest BCUT2D eigenvalue weighted by molar-refractivity contribution is -0.110. The summed E-state index contributed by atoms with van der Waals surface area (Å²) < 4.78 is 10.6. The lowest BCUT2D eigenvalue weighted by Gasteiger charge is -2.19. The summed E-state index contributed by atoms with van der Waals surface area (Å²) in [5.74, 6) is -1.10. The lowest BCUT2D eigenvalue weighted by atomic mass is 10.1. The highest BCUT2D eigenvalue weighted by molar-refractivity contribution is 5.98. The fourth-order valence-electron chi connectivity index (χ4n) is 2.94. The molecule has 158 valence electrons. The maximum Gasteiger partial charge on any atom is 0.355 e. The Hall–Kier alpha value is -2.71. The van der Waals surface area contributed by atoms with Gasteiger partial charge in [0, 0.05) is 11.9 Å². The predicted molar refractivity (Wildman–Crippen MR) is 107 cm³/mol. The van der Waals surface area contributed by atoms with E-state index >= 15 is 0 Å². The first kappa shape index (κ1) is 22.6. The third kappa shape index (κ3) is 6.13. The predicted octanol–water partition coefficient (Wildman–Crippen LogP) is 3.50. The highest BCUT2D eigenvalue weighted by atomic mass is 16.6. The van der Waals surface area contributed by atoms with Crippen LogP contribution >= 0.6 is 0 Å². The standard InChI is InChI=1S/C21H29N3O5/c1-6-15-17(19(25)28-7-2)16(23-18(15)20(26)29-21(3,4)5)13-24(27)12-14-10-8-9-11-22-14/h8-11,23,27H,6-7,12-13H2,1-5H3. The minimum Gasteiger partial charge on any atom is -0.462 e. The Morgan fingerprint density at radius 1 is 1.17 bits per heavy atom. The van der Waals surface area contributed by atoms with Crippen LogP contribution in [0.25, 0.3) is 0 Å². The van der Waals surface area contributed by atoms with Gasteiger partial charge < -0.3 is 19.7 Å². The molecule has 2 heterocycles. The third-order valence-corrected chi connectivity index (χ3v) is 4.03. The van der Waals surface area contributed by atoms with Crippen LogP contribution in [0.1, 0.15) is 72.4 Å². The molecule has 8 heteroatoms. The van der Waals surface area contributed by atoms with Crippen molar-refractivity contribution in [3.05, 3.63) is 52.6 Å². The third-order valence-electron chi connectivity index (χ3n) is 4.03. The van der Waals surface area contributed by atoms with Gasteiger partial charge in [-0.15, -0.1) is 0 Å². The quantitative estimate of drug-likeness (QED) is 0.513. The van der Waals surface area contributed by atoms with Gasteiger partial charge in [-0.3, -0.25) is 4.98 Å². The summed E-state index contributed by atoms with van der Waals surface area (Å²) in [4.78, 5) is 32.4. The minimum absolute atomic E-state index is 0.0134. The number of aromatic amines is 1. The molecule has 0 radical (unpaired) electrons. The van der Waals surface area contributed by atoms with E-state index in [0.717, 1.165) is 5.06 Å². The van der Waals surface area contributed by atoms with Gasteiger partial charge in [0.25, 0.3) is 0 Å². The van der Waals surface area contributed by atoms with Gasteiger partial charge in [-0.25, -0.2) is 9.59 Å². The zero-order valence-corrected chi connectivity index (χ0v) is 17.6. The molecule has 0 aliphatic heterocycles. The van der Waals surface area contributed by atoms with Gasteiger partial charge in [-0.1, -0.05) is 13.0 Å². The largest absolute Gasteiger partial charge is 0.462 e. The molecular formula is C21H29N3O5. The van der Waals surface area contributed by atoms with Crippen molar-refractivity contribution in [2.75, 3.05) is 6.61 Å². The zero-order chi connectivity index (χ0) is 21.6. The molecule has 2 aromatic heterocycles. The number of carbonyl (C=O) groups excluding carboxylic acids is 2.